The van der Waals surface area contributed by atoms with Crippen molar-refractivity contribution in [3.8, 4) is 5.75 Å². The van der Waals surface area contributed by atoms with E-state index in [4.69, 9.17) is 10.5 Å². The second-order valence-corrected chi connectivity index (χ2v) is 6.25. The van der Waals surface area contributed by atoms with Gasteiger partial charge < -0.3 is 15.4 Å². The summed E-state index contributed by atoms with van der Waals surface area (Å²) >= 11 is 0. The molecule has 0 saturated carbocycles. The van der Waals surface area contributed by atoms with Crippen molar-refractivity contribution in [2.75, 3.05) is 19.6 Å². The lowest BCUT2D eigenvalue weighted by Crippen LogP contribution is -2.51. The number of hydrogen-bond donors (Lipinski definition) is 1. The van der Waals surface area contributed by atoms with Crippen molar-refractivity contribution in [1.82, 2.24) is 4.90 Å². The van der Waals surface area contributed by atoms with Crippen molar-refractivity contribution in [3.05, 3.63) is 30.1 Å². The zero-order valence-corrected chi connectivity index (χ0v) is 14.1. The highest BCUT2D eigenvalue weighted by molar-refractivity contribution is 5.83. The van der Waals surface area contributed by atoms with Gasteiger partial charge in [0, 0.05) is 32.5 Å². The summed E-state index contributed by atoms with van der Waals surface area (Å²) in [6.45, 7) is 5.82. The predicted molar refractivity (Wildman–Crippen MR) is 88.7 cm³/mol. The molecule has 0 bridgehead atoms. The zero-order valence-electron chi connectivity index (χ0n) is 14.1. The number of amides is 1. The van der Waals surface area contributed by atoms with Gasteiger partial charge in [-0.1, -0.05) is 13.8 Å². The number of benzene rings is 1. The van der Waals surface area contributed by atoms with Gasteiger partial charge in [-0.3, -0.25) is 4.79 Å². The summed E-state index contributed by atoms with van der Waals surface area (Å²) in [7, 11) is 0. The highest BCUT2D eigenvalue weighted by Gasteiger charge is 2.38. The highest BCUT2D eigenvalue weighted by atomic mass is 19.1. The first-order chi connectivity index (χ1) is 11.0. The molecule has 0 aromatic heterocycles. The number of hydrogen-bond acceptors (Lipinski definition) is 3. The normalized spacial score (nSPS) is 16.4. The highest BCUT2D eigenvalue weighted by Crippen LogP contribution is 2.29. The Balaban J connectivity index is 1.90. The van der Waals surface area contributed by atoms with Crippen molar-refractivity contribution in [2.24, 2.45) is 11.1 Å². The smallest absolute Gasteiger partial charge is 0.230 e. The SMILES string of the molecule is CCC(CC)(CN)C(=O)N1CCC(Oc2ccc(F)cc2)CC1. The van der Waals surface area contributed by atoms with Gasteiger partial charge in [0.15, 0.2) is 0 Å². The molecule has 128 valence electrons. The van der Waals surface area contributed by atoms with E-state index in [1.54, 1.807) is 12.1 Å². The lowest BCUT2D eigenvalue weighted by molar-refractivity contribution is -0.144. The molecule has 0 atom stereocenters. The third-order valence-corrected chi connectivity index (χ3v) is 5.04. The summed E-state index contributed by atoms with van der Waals surface area (Å²) in [5.41, 5.74) is 5.45. The van der Waals surface area contributed by atoms with Gasteiger partial charge in [0.2, 0.25) is 5.91 Å². The summed E-state index contributed by atoms with van der Waals surface area (Å²) in [6.07, 6.45) is 3.18. The minimum Gasteiger partial charge on any atom is -0.490 e. The Morgan fingerprint density at radius 1 is 1.26 bits per heavy atom. The third kappa shape index (κ3) is 4.02. The van der Waals surface area contributed by atoms with Gasteiger partial charge in [-0.25, -0.2) is 4.39 Å². The van der Waals surface area contributed by atoms with Crippen LogP contribution in [0, 0.1) is 11.2 Å². The number of carbonyl (C=O) groups excluding carboxylic acids is 1. The molecule has 2 rings (SSSR count). The van der Waals surface area contributed by atoms with E-state index in [2.05, 4.69) is 0 Å². The molecule has 1 aromatic carbocycles. The van der Waals surface area contributed by atoms with E-state index in [1.807, 2.05) is 18.7 Å². The van der Waals surface area contributed by atoms with Crippen LogP contribution in [0.3, 0.4) is 0 Å². The van der Waals surface area contributed by atoms with Gasteiger partial charge in [-0.15, -0.1) is 0 Å². The molecule has 5 heteroatoms. The average molecular weight is 322 g/mol. The van der Waals surface area contributed by atoms with Crippen LogP contribution in [0.25, 0.3) is 0 Å². The standard InChI is InChI=1S/C18H27FN2O2/c1-3-18(4-2,13-20)17(22)21-11-9-16(10-12-21)23-15-7-5-14(19)6-8-15/h5-8,16H,3-4,9-13,20H2,1-2H3. The Hall–Kier alpha value is -1.62. The average Bonchev–Trinajstić information content (AvgIpc) is 2.59. The van der Waals surface area contributed by atoms with Crippen molar-refractivity contribution >= 4 is 5.91 Å². The summed E-state index contributed by atoms with van der Waals surface area (Å²) in [4.78, 5) is 14.7. The van der Waals surface area contributed by atoms with Crippen molar-refractivity contribution in [2.45, 2.75) is 45.6 Å². The van der Waals surface area contributed by atoms with E-state index in [0.717, 1.165) is 25.7 Å². The molecular weight excluding hydrogens is 295 g/mol. The second kappa shape index (κ2) is 7.77. The first kappa shape index (κ1) is 17.7. The number of rotatable bonds is 6. The number of piperidine rings is 1. The summed E-state index contributed by atoms with van der Waals surface area (Å²) in [5, 5.41) is 0. The van der Waals surface area contributed by atoms with Crippen LogP contribution in [0.4, 0.5) is 4.39 Å². The summed E-state index contributed by atoms with van der Waals surface area (Å²) < 4.78 is 18.8. The summed E-state index contributed by atoms with van der Waals surface area (Å²) in [6, 6.07) is 6.07. The molecule has 23 heavy (non-hydrogen) atoms. The molecule has 1 heterocycles. The molecular formula is C18H27FN2O2. The lowest BCUT2D eigenvalue weighted by Gasteiger charge is -2.39. The van der Waals surface area contributed by atoms with Gasteiger partial charge in [-0.2, -0.15) is 0 Å². The number of carbonyl (C=O) groups is 1. The number of nitrogens with two attached hydrogens (primary N) is 1. The van der Waals surface area contributed by atoms with Crippen LogP contribution in [0.1, 0.15) is 39.5 Å². The van der Waals surface area contributed by atoms with Crippen molar-refractivity contribution in [3.63, 3.8) is 0 Å². The van der Waals surface area contributed by atoms with Crippen LogP contribution in [0.5, 0.6) is 5.75 Å². The van der Waals surface area contributed by atoms with Crippen LogP contribution in [0.2, 0.25) is 0 Å². The fourth-order valence-electron chi connectivity index (χ4n) is 3.15. The Labute approximate surface area is 137 Å². The van der Waals surface area contributed by atoms with E-state index in [-0.39, 0.29) is 17.8 Å². The first-order valence-electron chi connectivity index (χ1n) is 8.46. The monoisotopic (exact) mass is 322 g/mol. The number of ether oxygens (including phenoxy) is 1. The van der Waals surface area contributed by atoms with Gasteiger partial charge in [0.25, 0.3) is 0 Å². The largest absolute Gasteiger partial charge is 0.490 e. The minimum absolute atomic E-state index is 0.0695. The number of likely N-dealkylation sites (tertiary alicyclic amines) is 1. The van der Waals surface area contributed by atoms with E-state index in [9.17, 15) is 9.18 Å². The van der Waals surface area contributed by atoms with E-state index in [0.29, 0.717) is 25.4 Å². The van der Waals surface area contributed by atoms with E-state index >= 15 is 0 Å². The quantitative estimate of drug-likeness (QED) is 0.876. The maximum atomic E-state index is 12.9. The maximum absolute atomic E-state index is 12.9. The van der Waals surface area contributed by atoms with Gasteiger partial charge in [0.05, 0.1) is 5.41 Å². The van der Waals surface area contributed by atoms with Crippen LogP contribution in [0.15, 0.2) is 24.3 Å². The van der Waals surface area contributed by atoms with Crippen molar-refractivity contribution < 1.29 is 13.9 Å². The minimum atomic E-state index is -0.426. The number of nitrogens with zero attached hydrogens (tertiary/aromatic N) is 1. The Morgan fingerprint density at radius 2 is 1.83 bits per heavy atom. The molecule has 0 unspecified atom stereocenters. The van der Waals surface area contributed by atoms with Gasteiger partial charge in [0.1, 0.15) is 17.7 Å². The fraction of sp³-hybridized carbons (Fsp3) is 0.611. The summed E-state index contributed by atoms with van der Waals surface area (Å²) in [5.74, 6) is 0.579. The molecule has 1 aromatic rings. The molecule has 1 aliphatic rings. The molecule has 0 aliphatic carbocycles. The van der Waals surface area contributed by atoms with Gasteiger partial charge in [-0.05, 0) is 37.1 Å². The molecule has 0 spiro atoms. The third-order valence-electron chi connectivity index (χ3n) is 5.04. The Kier molecular flexibility index (Phi) is 5.99. The fourth-order valence-corrected chi connectivity index (χ4v) is 3.15. The van der Waals surface area contributed by atoms with Crippen LogP contribution in [-0.2, 0) is 4.79 Å². The van der Waals surface area contributed by atoms with Crippen LogP contribution in [-0.4, -0.2) is 36.5 Å². The molecule has 1 amide bonds. The first-order valence-corrected chi connectivity index (χ1v) is 8.46. The zero-order chi connectivity index (χ0) is 16.9. The molecule has 1 fully saturated rings. The van der Waals surface area contributed by atoms with Gasteiger partial charge >= 0.3 is 0 Å². The van der Waals surface area contributed by atoms with Crippen LogP contribution < -0.4 is 10.5 Å². The van der Waals surface area contributed by atoms with Crippen molar-refractivity contribution in [1.29, 1.82) is 0 Å². The molecule has 0 radical (unpaired) electrons. The van der Waals surface area contributed by atoms with E-state index < -0.39 is 5.41 Å². The topological polar surface area (TPSA) is 55.6 Å². The molecule has 2 N–H and O–H groups in total. The molecule has 4 nitrogen and oxygen atoms in total. The Morgan fingerprint density at radius 3 is 2.30 bits per heavy atom. The Bertz CT molecular complexity index is 498. The predicted octanol–water partition coefficient (Wildman–Crippen LogP) is 2.96. The van der Waals surface area contributed by atoms with E-state index in [1.165, 1.54) is 12.1 Å². The lowest BCUT2D eigenvalue weighted by atomic mass is 9.80. The molecule has 1 aliphatic heterocycles. The van der Waals surface area contributed by atoms with Crippen LogP contribution >= 0.6 is 0 Å². The number of halogens is 1. The maximum Gasteiger partial charge on any atom is 0.230 e. The second-order valence-electron chi connectivity index (χ2n) is 6.25. The molecule has 1 saturated heterocycles.